The number of hydrogen-bond acceptors (Lipinski definition) is 3. The lowest BCUT2D eigenvalue weighted by Crippen LogP contribution is -2.43. The molecule has 0 radical (unpaired) electrons. The molecule has 0 saturated heterocycles. The summed E-state index contributed by atoms with van der Waals surface area (Å²) in [4.78, 5) is 0. The number of nitrogens with one attached hydrogen (secondary N) is 1. The molecule has 1 unspecified atom stereocenters. The van der Waals surface area contributed by atoms with Gasteiger partial charge in [-0.25, -0.2) is 0 Å². The fourth-order valence-corrected chi connectivity index (χ4v) is 3.76. The molecule has 0 aromatic carbocycles. The van der Waals surface area contributed by atoms with Gasteiger partial charge in [-0.2, -0.15) is 24.5 Å². The minimum atomic E-state index is -4.03. The molecule has 114 valence electrons. The smallest absolute Gasteiger partial charge is 0.271 e. The first-order valence-corrected chi connectivity index (χ1v) is 7.99. The molecular weight excluding hydrogens is 285 g/mol. The van der Waals surface area contributed by atoms with Gasteiger partial charge in [-0.1, -0.05) is 0 Å². The average Bonchev–Trinajstić information content (AvgIpc) is 2.92. The van der Waals surface area contributed by atoms with Crippen molar-refractivity contribution < 1.29 is 13.2 Å². The number of aryl methyl sites for hydroxylation is 1. The Kier molecular flexibility index (Phi) is 5.46. The summed E-state index contributed by atoms with van der Waals surface area (Å²) in [5.74, 6) is 4.74. The highest BCUT2D eigenvalue weighted by Crippen LogP contribution is 2.40. The van der Waals surface area contributed by atoms with Crippen LogP contribution in [-0.4, -0.2) is 12.2 Å². The third kappa shape index (κ3) is 4.20. The van der Waals surface area contributed by atoms with Crippen LogP contribution in [-0.2, 0) is 6.42 Å². The van der Waals surface area contributed by atoms with E-state index in [0.717, 1.165) is 12.8 Å². The molecule has 1 aromatic heterocycles. The molecule has 1 atom stereocenters. The van der Waals surface area contributed by atoms with E-state index in [-0.39, 0.29) is 24.8 Å². The van der Waals surface area contributed by atoms with E-state index in [1.54, 1.807) is 11.3 Å². The Morgan fingerprint density at radius 1 is 1.30 bits per heavy atom. The lowest BCUT2D eigenvalue weighted by molar-refractivity contribution is -0.184. The van der Waals surface area contributed by atoms with E-state index in [1.807, 2.05) is 5.38 Å². The van der Waals surface area contributed by atoms with Crippen molar-refractivity contribution in [1.29, 1.82) is 0 Å². The molecule has 0 amide bonds. The maximum atomic E-state index is 12.6. The highest BCUT2D eigenvalue weighted by Gasteiger charge is 2.42. The van der Waals surface area contributed by atoms with Crippen LogP contribution in [0.5, 0.6) is 0 Å². The molecule has 1 aliphatic rings. The predicted octanol–water partition coefficient (Wildman–Crippen LogP) is 3.88. The number of nitrogens with two attached hydrogens (primary N) is 1. The van der Waals surface area contributed by atoms with Crippen LogP contribution >= 0.6 is 11.3 Å². The Bertz CT molecular complexity index is 384. The summed E-state index contributed by atoms with van der Waals surface area (Å²) in [6, 6.07) is 2.20. The van der Waals surface area contributed by atoms with Crippen molar-refractivity contribution >= 4 is 11.3 Å². The molecule has 2 rings (SSSR count). The van der Waals surface area contributed by atoms with Gasteiger partial charge >= 0.3 is 6.18 Å². The SMILES string of the molecule is NNC(CCc1ccsc1)C1CCC(C(F)(F)F)CC1. The molecule has 0 spiro atoms. The van der Waals surface area contributed by atoms with Crippen LogP contribution in [0.1, 0.15) is 37.7 Å². The first-order chi connectivity index (χ1) is 9.50. The maximum absolute atomic E-state index is 12.6. The van der Waals surface area contributed by atoms with E-state index < -0.39 is 12.1 Å². The molecule has 1 aromatic rings. The number of hydrazine groups is 1. The van der Waals surface area contributed by atoms with Crippen LogP contribution in [0.15, 0.2) is 16.8 Å². The lowest BCUT2D eigenvalue weighted by atomic mass is 9.77. The topological polar surface area (TPSA) is 38.0 Å². The molecule has 0 bridgehead atoms. The number of thiophene rings is 1. The number of alkyl halides is 3. The van der Waals surface area contributed by atoms with Crippen molar-refractivity contribution in [2.45, 2.75) is 50.7 Å². The van der Waals surface area contributed by atoms with E-state index in [2.05, 4.69) is 16.9 Å². The molecular formula is C14H21F3N2S. The standard InChI is InChI=1S/C14H21F3N2S/c15-14(16,17)12-4-2-11(3-5-12)13(19-18)6-1-10-7-8-20-9-10/h7-9,11-13,19H,1-6,18H2. The third-order valence-corrected chi connectivity index (χ3v) is 5.07. The van der Waals surface area contributed by atoms with Gasteiger partial charge in [0.2, 0.25) is 0 Å². The second-order valence-corrected chi connectivity index (χ2v) is 6.38. The van der Waals surface area contributed by atoms with Gasteiger partial charge in [0.25, 0.3) is 0 Å². The van der Waals surface area contributed by atoms with Crippen molar-refractivity contribution in [2.24, 2.45) is 17.7 Å². The van der Waals surface area contributed by atoms with Gasteiger partial charge in [0.1, 0.15) is 0 Å². The fourth-order valence-electron chi connectivity index (χ4n) is 3.06. The first-order valence-electron chi connectivity index (χ1n) is 7.04. The second kappa shape index (κ2) is 6.91. The van der Waals surface area contributed by atoms with Crippen molar-refractivity contribution in [1.82, 2.24) is 5.43 Å². The van der Waals surface area contributed by atoms with Crippen LogP contribution in [0, 0.1) is 11.8 Å². The first kappa shape index (κ1) is 15.8. The monoisotopic (exact) mass is 306 g/mol. The highest BCUT2D eigenvalue weighted by atomic mass is 32.1. The molecule has 1 aliphatic carbocycles. The van der Waals surface area contributed by atoms with Crippen molar-refractivity contribution in [3.63, 3.8) is 0 Å². The van der Waals surface area contributed by atoms with Gasteiger partial charge in [0.15, 0.2) is 0 Å². The van der Waals surface area contributed by atoms with E-state index in [0.29, 0.717) is 12.8 Å². The molecule has 1 heterocycles. The fraction of sp³-hybridized carbons (Fsp3) is 0.714. The molecule has 3 N–H and O–H groups in total. The summed E-state index contributed by atoms with van der Waals surface area (Å²) in [6.45, 7) is 0. The minimum absolute atomic E-state index is 0.115. The van der Waals surface area contributed by atoms with Crippen LogP contribution in [0.2, 0.25) is 0 Å². The van der Waals surface area contributed by atoms with E-state index in [4.69, 9.17) is 5.84 Å². The predicted molar refractivity (Wildman–Crippen MR) is 75.3 cm³/mol. The van der Waals surface area contributed by atoms with Crippen LogP contribution in [0.3, 0.4) is 0 Å². The average molecular weight is 306 g/mol. The molecule has 2 nitrogen and oxygen atoms in total. The number of rotatable bonds is 5. The van der Waals surface area contributed by atoms with Gasteiger partial charge in [-0.05, 0) is 66.8 Å². The summed E-state index contributed by atoms with van der Waals surface area (Å²) < 4.78 is 37.9. The molecule has 6 heteroatoms. The van der Waals surface area contributed by atoms with Crippen LogP contribution in [0.25, 0.3) is 0 Å². The van der Waals surface area contributed by atoms with E-state index in [1.165, 1.54) is 5.56 Å². The Hall–Kier alpha value is -0.590. The van der Waals surface area contributed by atoms with Crippen LogP contribution in [0.4, 0.5) is 13.2 Å². The minimum Gasteiger partial charge on any atom is -0.271 e. The van der Waals surface area contributed by atoms with Crippen molar-refractivity contribution in [3.8, 4) is 0 Å². The largest absolute Gasteiger partial charge is 0.391 e. The summed E-state index contributed by atoms with van der Waals surface area (Å²) in [5, 5.41) is 4.14. The van der Waals surface area contributed by atoms with Gasteiger partial charge in [0, 0.05) is 6.04 Å². The van der Waals surface area contributed by atoms with E-state index in [9.17, 15) is 13.2 Å². The third-order valence-electron chi connectivity index (χ3n) is 4.34. The van der Waals surface area contributed by atoms with E-state index >= 15 is 0 Å². The Morgan fingerprint density at radius 3 is 2.50 bits per heavy atom. The maximum Gasteiger partial charge on any atom is 0.391 e. The van der Waals surface area contributed by atoms with Gasteiger partial charge < -0.3 is 0 Å². The Labute approximate surface area is 121 Å². The molecule has 1 saturated carbocycles. The highest BCUT2D eigenvalue weighted by molar-refractivity contribution is 7.07. The molecule has 20 heavy (non-hydrogen) atoms. The Morgan fingerprint density at radius 2 is 2.00 bits per heavy atom. The van der Waals surface area contributed by atoms with Crippen molar-refractivity contribution in [2.75, 3.05) is 0 Å². The zero-order valence-electron chi connectivity index (χ0n) is 11.3. The van der Waals surface area contributed by atoms with Gasteiger partial charge in [-0.3, -0.25) is 11.3 Å². The zero-order chi connectivity index (χ0) is 14.6. The van der Waals surface area contributed by atoms with Gasteiger partial charge in [0.05, 0.1) is 5.92 Å². The lowest BCUT2D eigenvalue weighted by Gasteiger charge is -2.34. The van der Waals surface area contributed by atoms with Crippen LogP contribution < -0.4 is 11.3 Å². The summed E-state index contributed by atoms with van der Waals surface area (Å²) >= 11 is 1.66. The summed E-state index contributed by atoms with van der Waals surface area (Å²) in [5.41, 5.74) is 4.09. The normalized spacial score (nSPS) is 25.6. The van der Waals surface area contributed by atoms with Gasteiger partial charge in [-0.15, -0.1) is 0 Å². The summed E-state index contributed by atoms with van der Waals surface area (Å²) in [6.07, 6.45) is -0.513. The second-order valence-electron chi connectivity index (χ2n) is 5.60. The number of halogens is 3. The number of hydrogen-bond donors (Lipinski definition) is 2. The quantitative estimate of drug-likeness (QED) is 0.640. The Balaban J connectivity index is 1.81. The molecule has 1 fully saturated rings. The zero-order valence-corrected chi connectivity index (χ0v) is 12.1. The van der Waals surface area contributed by atoms with Crippen molar-refractivity contribution in [3.05, 3.63) is 22.4 Å². The molecule has 0 aliphatic heterocycles. The summed E-state index contributed by atoms with van der Waals surface area (Å²) in [7, 11) is 0.